The molecule has 8 nitrogen and oxygen atoms in total. The first kappa shape index (κ1) is 20.1. The standard InChI is InChI=1S/C14H20ClFN3O5P/c1-9-18-10(17)4-6-19(9)13-11(16)12(20)14(8-15,24-13)5-7-25(21,22-2)23-3/h4-7,11-13,20H,1,8H2,2-3H3,(H2,17,18)/b7-5-/t11-,12+,13-,14+/m1/s1. The monoisotopic (exact) mass is 395 g/mol. The highest BCUT2D eigenvalue weighted by atomic mass is 35.5. The topological polar surface area (TPSA) is 107 Å². The molecule has 2 heterocycles. The van der Waals surface area contributed by atoms with E-state index in [2.05, 4.69) is 11.6 Å². The molecular weight excluding hydrogens is 376 g/mol. The van der Waals surface area contributed by atoms with E-state index in [1.807, 2.05) is 0 Å². The Morgan fingerprint density at radius 2 is 2.28 bits per heavy atom. The zero-order valence-electron chi connectivity index (χ0n) is 13.7. The normalized spacial score (nSPS) is 33.3. The minimum Gasteiger partial charge on any atom is -0.386 e. The second-order valence-corrected chi connectivity index (χ2v) is 7.76. The SMILES string of the molecule is C=C1N=C(N)C=CN1[C@@H]1O[C@@](/C=C\P(=O)(OC)OC)(CCl)[C@@H](O)[C@H]1F. The number of alkyl halides is 2. The molecule has 140 valence electrons. The van der Waals surface area contributed by atoms with E-state index in [9.17, 15) is 14.1 Å². The lowest BCUT2D eigenvalue weighted by Crippen LogP contribution is -2.42. The van der Waals surface area contributed by atoms with Crippen LogP contribution in [0, 0.1) is 0 Å². The van der Waals surface area contributed by atoms with Crippen LogP contribution in [0.5, 0.6) is 0 Å². The second-order valence-electron chi connectivity index (χ2n) is 5.38. The molecule has 1 saturated heterocycles. The van der Waals surface area contributed by atoms with Gasteiger partial charge in [0.05, 0.1) is 5.88 Å². The molecule has 11 heteroatoms. The summed E-state index contributed by atoms with van der Waals surface area (Å²) in [6.45, 7) is 3.68. The number of rotatable bonds is 6. The van der Waals surface area contributed by atoms with Crippen molar-refractivity contribution in [3.63, 3.8) is 0 Å². The van der Waals surface area contributed by atoms with Crippen LogP contribution in [0.2, 0.25) is 0 Å². The predicted octanol–water partition coefficient (Wildman–Crippen LogP) is 1.68. The van der Waals surface area contributed by atoms with Gasteiger partial charge in [0.2, 0.25) is 0 Å². The summed E-state index contributed by atoms with van der Waals surface area (Å²) in [4.78, 5) is 5.22. The largest absolute Gasteiger partial charge is 0.386 e. The molecule has 2 rings (SSSR count). The average molecular weight is 396 g/mol. The fourth-order valence-electron chi connectivity index (χ4n) is 2.42. The third-order valence-electron chi connectivity index (χ3n) is 3.91. The number of nitrogens with two attached hydrogens (primary N) is 1. The second kappa shape index (κ2) is 7.57. The summed E-state index contributed by atoms with van der Waals surface area (Å²) in [5.74, 6) is 1.13. The Bertz CT molecular complexity index is 665. The first-order valence-electron chi connectivity index (χ1n) is 7.19. The van der Waals surface area contributed by atoms with Gasteiger partial charge in [0.25, 0.3) is 0 Å². The highest BCUT2D eigenvalue weighted by Crippen LogP contribution is 2.49. The van der Waals surface area contributed by atoms with E-state index in [-0.39, 0.29) is 17.5 Å². The summed E-state index contributed by atoms with van der Waals surface area (Å²) in [6, 6.07) is 0. The quantitative estimate of drug-likeness (QED) is 0.520. The molecule has 3 N–H and O–H groups in total. The number of aliphatic hydroxyl groups is 1. The molecule has 0 unspecified atom stereocenters. The van der Waals surface area contributed by atoms with Gasteiger partial charge in [-0.15, -0.1) is 11.6 Å². The smallest absolute Gasteiger partial charge is 0.353 e. The number of hydrogen-bond donors (Lipinski definition) is 2. The van der Waals surface area contributed by atoms with Crippen molar-refractivity contribution >= 4 is 25.0 Å². The van der Waals surface area contributed by atoms with E-state index in [4.69, 9.17) is 31.1 Å². The zero-order valence-corrected chi connectivity index (χ0v) is 15.4. The van der Waals surface area contributed by atoms with Gasteiger partial charge >= 0.3 is 7.60 Å². The molecule has 4 atom stereocenters. The summed E-state index contributed by atoms with van der Waals surface area (Å²) in [6.07, 6.45) is -0.639. The molecule has 0 saturated carbocycles. The number of aliphatic hydroxyl groups excluding tert-OH is 1. The van der Waals surface area contributed by atoms with Crippen LogP contribution in [-0.4, -0.2) is 60.0 Å². The van der Waals surface area contributed by atoms with E-state index in [1.54, 1.807) is 0 Å². The Morgan fingerprint density at radius 3 is 2.80 bits per heavy atom. The first-order chi connectivity index (χ1) is 11.7. The summed E-state index contributed by atoms with van der Waals surface area (Å²) in [7, 11) is -1.16. The maximum absolute atomic E-state index is 14.7. The summed E-state index contributed by atoms with van der Waals surface area (Å²) < 4.78 is 42.1. The van der Waals surface area contributed by atoms with Crippen LogP contribution in [0.1, 0.15) is 0 Å². The molecule has 2 aliphatic rings. The van der Waals surface area contributed by atoms with Crippen LogP contribution >= 0.6 is 19.2 Å². The molecule has 0 aliphatic carbocycles. The third kappa shape index (κ3) is 3.81. The van der Waals surface area contributed by atoms with Gasteiger partial charge in [-0.25, -0.2) is 9.38 Å². The lowest BCUT2D eigenvalue weighted by atomic mass is 9.98. The van der Waals surface area contributed by atoms with Crippen molar-refractivity contribution in [2.24, 2.45) is 10.7 Å². The Kier molecular flexibility index (Phi) is 6.09. The number of hydrogen-bond acceptors (Lipinski definition) is 8. The van der Waals surface area contributed by atoms with E-state index < -0.39 is 31.7 Å². The van der Waals surface area contributed by atoms with Crippen molar-refractivity contribution in [2.45, 2.75) is 24.1 Å². The molecule has 0 bridgehead atoms. The van der Waals surface area contributed by atoms with Gasteiger partial charge in [0.1, 0.15) is 23.4 Å². The van der Waals surface area contributed by atoms with Gasteiger partial charge in [0.15, 0.2) is 12.4 Å². The number of nitrogens with zero attached hydrogens (tertiary/aromatic N) is 2. The van der Waals surface area contributed by atoms with E-state index in [0.29, 0.717) is 0 Å². The van der Waals surface area contributed by atoms with Crippen molar-refractivity contribution in [1.82, 2.24) is 4.90 Å². The van der Waals surface area contributed by atoms with Crippen LogP contribution < -0.4 is 5.73 Å². The molecule has 0 aromatic heterocycles. The van der Waals surface area contributed by atoms with Gasteiger partial charge < -0.3 is 29.5 Å². The van der Waals surface area contributed by atoms with E-state index in [0.717, 1.165) is 5.82 Å². The maximum atomic E-state index is 14.7. The Morgan fingerprint density at radius 1 is 1.64 bits per heavy atom. The maximum Gasteiger partial charge on any atom is 0.353 e. The molecule has 2 aliphatic heterocycles. The van der Waals surface area contributed by atoms with Crippen LogP contribution in [0.25, 0.3) is 0 Å². The van der Waals surface area contributed by atoms with Gasteiger partial charge in [-0.1, -0.05) is 6.58 Å². The van der Waals surface area contributed by atoms with Crippen LogP contribution in [0.3, 0.4) is 0 Å². The van der Waals surface area contributed by atoms with Gasteiger partial charge in [-0.2, -0.15) is 0 Å². The van der Waals surface area contributed by atoms with Gasteiger partial charge in [-0.3, -0.25) is 4.57 Å². The first-order valence-corrected chi connectivity index (χ1v) is 9.33. The molecule has 0 radical (unpaired) electrons. The van der Waals surface area contributed by atoms with Crippen molar-refractivity contribution < 1.29 is 27.8 Å². The predicted molar refractivity (Wildman–Crippen MR) is 91.7 cm³/mol. The lowest BCUT2D eigenvalue weighted by Gasteiger charge is -2.31. The molecule has 1 fully saturated rings. The molecule has 0 amide bonds. The minimum absolute atomic E-state index is 0.147. The summed E-state index contributed by atoms with van der Waals surface area (Å²) in [5.41, 5.74) is 3.91. The van der Waals surface area contributed by atoms with Crippen molar-refractivity contribution in [1.29, 1.82) is 0 Å². The number of ether oxygens (including phenoxy) is 1. The molecule has 0 spiro atoms. The van der Waals surface area contributed by atoms with Crippen LogP contribution in [0.15, 0.2) is 41.6 Å². The van der Waals surface area contributed by atoms with Gasteiger partial charge in [-0.05, 0) is 12.2 Å². The Labute approximate surface area is 149 Å². The summed E-state index contributed by atoms with van der Waals surface area (Å²) in [5, 5.41) is 10.3. The number of aliphatic imine (C=N–C) groups is 1. The molecular formula is C14H20ClFN3O5P. The highest BCUT2D eigenvalue weighted by molar-refractivity contribution is 7.57. The minimum atomic E-state index is -3.54. The molecule has 0 aromatic rings. The van der Waals surface area contributed by atoms with E-state index in [1.165, 1.54) is 37.5 Å². The third-order valence-corrected chi connectivity index (χ3v) is 5.86. The van der Waals surface area contributed by atoms with Crippen LogP contribution in [-0.2, 0) is 18.3 Å². The lowest BCUT2D eigenvalue weighted by molar-refractivity contribution is -0.0726. The van der Waals surface area contributed by atoms with Crippen molar-refractivity contribution in [2.75, 3.05) is 20.1 Å². The summed E-state index contributed by atoms with van der Waals surface area (Å²) >= 11 is 5.92. The highest BCUT2D eigenvalue weighted by Gasteiger charge is 2.55. The fraction of sp³-hybridized carbons (Fsp3) is 0.500. The van der Waals surface area contributed by atoms with Crippen molar-refractivity contribution in [3.05, 3.63) is 36.6 Å². The van der Waals surface area contributed by atoms with Gasteiger partial charge in [0, 0.05) is 26.2 Å². The fourth-order valence-corrected chi connectivity index (χ4v) is 3.56. The number of amidine groups is 1. The zero-order chi connectivity index (χ0) is 18.8. The Hall–Kier alpha value is -1.22. The van der Waals surface area contributed by atoms with E-state index >= 15 is 0 Å². The van der Waals surface area contributed by atoms with Crippen molar-refractivity contribution in [3.8, 4) is 0 Å². The van der Waals surface area contributed by atoms with Crippen LogP contribution in [0.4, 0.5) is 4.39 Å². The molecule has 0 aromatic carbocycles. The molecule has 25 heavy (non-hydrogen) atoms. The Balaban J connectivity index is 2.30. The number of halogens is 2. The average Bonchev–Trinajstić information content (AvgIpc) is 2.85.